The molecule has 0 aliphatic heterocycles. The fourth-order valence-corrected chi connectivity index (χ4v) is 1.29. The monoisotopic (exact) mass is 229 g/mol. The van der Waals surface area contributed by atoms with Gasteiger partial charge in [-0.3, -0.25) is 9.38 Å². The molecule has 0 rings (SSSR count). The minimum atomic E-state index is -0.302. The second-order valence-electron chi connectivity index (χ2n) is 3.63. The summed E-state index contributed by atoms with van der Waals surface area (Å²) < 4.78 is 12.0. The van der Waals surface area contributed by atoms with Gasteiger partial charge in [0.1, 0.15) is 0 Å². The van der Waals surface area contributed by atoms with Crippen LogP contribution in [0.3, 0.4) is 0 Å². The molecule has 0 aromatic rings. The standard InChI is InChI=1S/C12H24FN3/c1-4-6-7-11-16(3)12(14-5-2)15-10-8-9-13/h4H,1,5-11H2,2-3H3,(H,14,15). The summed E-state index contributed by atoms with van der Waals surface area (Å²) in [6, 6.07) is 0. The lowest BCUT2D eigenvalue weighted by Crippen LogP contribution is -2.39. The zero-order valence-corrected chi connectivity index (χ0v) is 10.5. The molecule has 0 aliphatic rings. The topological polar surface area (TPSA) is 27.6 Å². The molecule has 1 N–H and O–H groups in total. The predicted molar refractivity (Wildman–Crippen MR) is 68.6 cm³/mol. The average Bonchev–Trinajstić information content (AvgIpc) is 2.28. The maximum Gasteiger partial charge on any atom is 0.193 e. The third kappa shape index (κ3) is 7.26. The lowest BCUT2D eigenvalue weighted by molar-refractivity contribution is 0.460. The fourth-order valence-electron chi connectivity index (χ4n) is 1.29. The van der Waals surface area contributed by atoms with Gasteiger partial charge in [0.25, 0.3) is 0 Å². The highest BCUT2D eigenvalue weighted by atomic mass is 19.1. The largest absolute Gasteiger partial charge is 0.357 e. The van der Waals surface area contributed by atoms with Crippen LogP contribution < -0.4 is 5.32 Å². The smallest absolute Gasteiger partial charge is 0.193 e. The fraction of sp³-hybridized carbons (Fsp3) is 0.750. The van der Waals surface area contributed by atoms with Crippen LogP contribution in [0.2, 0.25) is 0 Å². The number of hydrogen-bond donors (Lipinski definition) is 1. The van der Waals surface area contributed by atoms with Crippen LogP contribution >= 0.6 is 0 Å². The summed E-state index contributed by atoms with van der Waals surface area (Å²) >= 11 is 0. The SMILES string of the molecule is C=CCCCN(C)C(=NCCCF)NCC. The molecule has 0 bridgehead atoms. The summed E-state index contributed by atoms with van der Waals surface area (Å²) in [5.41, 5.74) is 0. The van der Waals surface area contributed by atoms with Gasteiger partial charge in [-0.2, -0.15) is 0 Å². The number of hydrogen-bond acceptors (Lipinski definition) is 1. The Morgan fingerprint density at radius 3 is 2.81 bits per heavy atom. The molecular formula is C12H24FN3. The maximum atomic E-state index is 12.0. The number of allylic oxidation sites excluding steroid dienone is 1. The van der Waals surface area contributed by atoms with E-state index in [9.17, 15) is 4.39 Å². The van der Waals surface area contributed by atoms with Crippen molar-refractivity contribution < 1.29 is 4.39 Å². The van der Waals surface area contributed by atoms with Gasteiger partial charge in [-0.1, -0.05) is 6.08 Å². The number of guanidine groups is 1. The Kier molecular flexibility index (Phi) is 9.76. The number of nitrogens with zero attached hydrogens (tertiary/aromatic N) is 2. The summed E-state index contributed by atoms with van der Waals surface area (Å²) in [5.74, 6) is 0.861. The van der Waals surface area contributed by atoms with E-state index in [4.69, 9.17) is 0 Å². The van der Waals surface area contributed by atoms with E-state index in [-0.39, 0.29) is 6.67 Å². The minimum Gasteiger partial charge on any atom is -0.357 e. The van der Waals surface area contributed by atoms with Crippen molar-refractivity contribution >= 4 is 5.96 Å². The minimum absolute atomic E-state index is 0.302. The van der Waals surface area contributed by atoms with Crippen molar-refractivity contribution in [1.29, 1.82) is 0 Å². The van der Waals surface area contributed by atoms with Gasteiger partial charge in [-0.15, -0.1) is 6.58 Å². The van der Waals surface area contributed by atoms with E-state index in [1.54, 1.807) is 0 Å². The molecule has 0 amide bonds. The lowest BCUT2D eigenvalue weighted by Gasteiger charge is -2.21. The van der Waals surface area contributed by atoms with Gasteiger partial charge in [0.15, 0.2) is 5.96 Å². The van der Waals surface area contributed by atoms with Crippen molar-refractivity contribution in [2.75, 3.05) is 33.4 Å². The zero-order valence-electron chi connectivity index (χ0n) is 10.5. The molecule has 0 saturated heterocycles. The summed E-state index contributed by atoms with van der Waals surface area (Å²) in [7, 11) is 2.00. The van der Waals surface area contributed by atoms with Crippen molar-refractivity contribution in [1.82, 2.24) is 10.2 Å². The Morgan fingerprint density at radius 1 is 1.50 bits per heavy atom. The average molecular weight is 229 g/mol. The molecule has 0 atom stereocenters. The molecule has 0 spiro atoms. The Bertz CT molecular complexity index is 204. The lowest BCUT2D eigenvalue weighted by atomic mass is 10.3. The first kappa shape index (κ1) is 14.9. The predicted octanol–water partition coefficient (Wildman–Crippen LogP) is 2.21. The van der Waals surface area contributed by atoms with Gasteiger partial charge >= 0.3 is 0 Å². The molecule has 94 valence electrons. The molecule has 0 saturated carbocycles. The molecule has 4 heteroatoms. The van der Waals surface area contributed by atoms with Gasteiger partial charge in [-0.05, 0) is 26.2 Å². The van der Waals surface area contributed by atoms with Crippen molar-refractivity contribution in [3.8, 4) is 0 Å². The van der Waals surface area contributed by atoms with Crippen LogP contribution in [0.25, 0.3) is 0 Å². The Hall–Kier alpha value is -1.06. The highest BCUT2D eigenvalue weighted by Crippen LogP contribution is 1.95. The summed E-state index contributed by atoms with van der Waals surface area (Å²) in [4.78, 5) is 6.42. The van der Waals surface area contributed by atoms with Gasteiger partial charge in [0.05, 0.1) is 6.67 Å². The second kappa shape index (κ2) is 10.5. The van der Waals surface area contributed by atoms with E-state index >= 15 is 0 Å². The quantitative estimate of drug-likeness (QED) is 0.299. The van der Waals surface area contributed by atoms with E-state index in [2.05, 4.69) is 21.8 Å². The Morgan fingerprint density at radius 2 is 2.25 bits per heavy atom. The van der Waals surface area contributed by atoms with E-state index in [1.807, 2.05) is 20.0 Å². The van der Waals surface area contributed by atoms with Crippen molar-refractivity contribution in [2.24, 2.45) is 4.99 Å². The van der Waals surface area contributed by atoms with Crippen LogP contribution in [0.15, 0.2) is 17.6 Å². The van der Waals surface area contributed by atoms with Crippen molar-refractivity contribution in [3.63, 3.8) is 0 Å². The molecule has 3 nitrogen and oxygen atoms in total. The Labute approximate surface area is 98.4 Å². The van der Waals surface area contributed by atoms with E-state index in [0.29, 0.717) is 13.0 Å². The molecule has 0 radical (unpaired) electrons. The van der Waals surface area contributed by atoms with Crippen LogP contribution in [0.4, 0.5) is 4.39 Å². The van der Waals surface area contributed by atoms with E-state index in [1.165, 1.54) is 0 Å². The third-order valence-electron chi connectivity index (χ3n) is 2.15. The molecule has 0 fully saturated rings. The third-order valence-corrected chi connectivity index (χ3v) is 2.15. The van der Waals surface area contributed by atoms with Gasteiger partial charge in [-0.25, -0.2) is 0 Å². The van der Waals surface area contributed by atoms with E-state index < -0.39 is 0 Å². The van der Waals surface area contributed by atoms with Gasteiger partial charge in [0.2, 0.25) is 0 Å². The second-order valence-corrected chi connectivity index (χ2v) is 3.63. The molecule has 0 aromatic heterocycles. The first-order chi connectivity index (χ1) is 7.76. The summed E-state index contributed by atoms with van der Waals surface area (Å²) in [5, 5.41) is 3.20. The number of nitrogens with one attached hydrogen (secondary N) is 1. The van der Waals surface area contributed by atoms with Crippen LogP contribution in [-0.2, 0) is 0 Å². The molecule has 0 unspecified atom stereocenters. The number of rotatable bonds is 8. The number of aliphatic imine (C=N–C) groups is 1. The highest BCUT2D eigenvalue weighted by Gasteiger charge is 2.03. The van der Waals surface area contributed by atoms with Crippen molar-refractivity contribution in [2.45, 2.75) is 26.2 Å². The molecule has 0 heterocycles. The first-order valence-corrected chi connectivity index (χ1v) is 5.92. The highest BCUT2D eigenvalue weighted by molar-refractivity contribution is 5.79. The number of alkyl halides is 1. The Balaban J connectivity index is 4.05. The normalized spacial score (nSPS) is 11.3. The summed E-state index contributed by atoms with van der Waals surface area (Å²) in [6.45, 7) is 7.74. The first-order valence-electron chi connectivity index (χ1n) is 5.92. The zero-order chi connectivity index (χ0) is 12.2. The van der Waals surface area contributed by atoms with Gasteiger partial charge < -0.3 is 10.2 Å². The van der Waals surface area contributed by atoms with Crippen LogP contribution in [0.5, 0.6) is 0 Å². The van der Waals surface area contributed by atoms with E-state index in [0.717, 1.165) is 31.9 Å². The maximum absolute atomic E-state index is 12.0. The number of unbranched alkanes of at least 4 members (excludes halogenated alkanes) is 1. The van der Waals surface area contributed by atoms with Crippen LogP contribution in [0.1, 0.15) is 26.2 Å². The van der Waals surface area contributed by atoms with Crippen molar-refractivity contribution in [3.05, 3.63) is 12.7 Å². The summed E-state index contributed by atoms with van der Waals surface area (Å²) in [6.07, 6.45) is 4.48. The molecule has 0 aromatic carbocycles. The number of halogens is 1. The molecule has 0 aliphatic carbocycles. The van der Waals surface area contributed by atoms with Crippen LogP contribution in [-0.4, -0.2) is 44.2 Å². The molecule has 16 heavy (non-hydrogen) atoms. The van der Waals surface area contributed by atoms with Crippen LogP contribution in [0, 0.1) is 0 Å². The molecular weight excluding hydrogens is 205 g/mol. The van der Waals surface area contributed by atoms with Gasteiger partial charge in [0, 0.05) is 26.7 Å².